The van der Waals surface area contributed by atoms with Crippen molar-refractivity contribution in [3.63, 3.8) is 0 Å². The zero-order valence-electron chi connectivity index (χ0n) is 14.9. The number of benzene rings is 1. The van der Waals surface area contributed by atoms with Gasteiger partial charge in [0.2, 0.25) is 5.91 Å². The van der Waals surface area contributed by atoms with Crippen LogP contribution in [-0.4, -0.2) is 43.0 Å². The van der Waals surface area contributed by atoms with Gasteiger partial charge in [0.25, 0.3) is 0 Å². The number of carbonyl (C=O) groups is 1. The van der Waals surface area contributed by atoms with Crippen molar-refractivity contribution < 1.29 is 9.18 Å². The van der Waals surface area contributed by atoms with Crippen LogP contribution in [0.2, 0.25) is 0 Å². The van der Waals surface area contributed by atoms with Gasteiger partial charge in [0.1, 0.15) is 5.82 Å². The van der Waals surface area contributed by atoms with E-state index < -0.39 is 0 Å². The maximum atomic E-state index is 13.7. The number of carbonyl (C=O) groups excluding carboxylic acids is 1. The number of hydrogen-bond donors (Lipinski definition) is 2. The van der Waals surface area contributed by atoms with E-state index in [0.29, 0.717) is 11.5 Å². The maximum Gasteiger partial charge on any atom is 0.237 e. The molecule has 0 aliphatic carbocycles. The Morgan fingerprint density at radius 1 is 1.36 bits per heavy atom. The molecule has 2 fully saturated rings. The van der Waals surface area contributed by atoms with E-state index in [1.807, 2.05) is 12.1 Å². The Kier molecular flexibility index (Phi) is 7.66. The standard InChI is InChI=1S/C19H28FN3O.ClH/c1-14-6-7-15(10-17(14)20)12-23-9-3-4-16(13-23)11-22-19(24)18-5-2-8-21-18;/h6-7,10,16,18,21H,2-5,8-9,11-13H2,1H3,(H,22,24);1H. The van der Waals surface area contributed by atoms with E-state index in [-0.39, 0.29) is 30.2 Å². The highest BCUT2D eigenvalue weighted by Crippen LogP contribution is 2.19. The molecule has 6 heteroatoms. The molecule has 2 saturated heterocycles. The van der Waals surface area contributed by atoms with E-state index in [1.165, 1.54) is 0 Å². The van der Waals surface area contributed by atoms with Crippen LogP contribution in [0, 0.1) is 18.7 Å². The minimum Gasteiger partial charge on any atom is -0.354 e. The molecule has 2 N–H and O–H groups in total. The van der Waals surface area contributed by atoms with Gasteiger partial charge in [0.05, 0.1) is 6.04 Å². The molecule has 0 radical (unpaired) electrons. The molecule has 3 rings (SSSR count). The van der Waals surface area contributed by atoms with Crippen LogP contribution in [0.3, 0.4) is 0 Å². The van der Waals surface area contributed by atoms with Crippen LogP contribution in [0.5, 0.6) is 0 Å². The molecule has 2 heterocycles. The van der Waals surface area contributed by atoms with Gasteiger partial charge in [0.15, 0.2) is 0 Å². The van der Waals surface area contributed by atoms with E-state index in [2.05, 4.69) is 15.5 Å². The number of amides is 1. The van der Waals surface area contributed by atoms with Crippen molar-refractivity contribution in [2.75, 3.05) is 26.2 Å². The van der Waals surface area contributed by atoms with Crippen LogP contribution < -0.4 is 10.6 Å². The molecular formula is C19H29ClFN3O. The van der Waals surface area contributed by atoms with Crippen LogP contribution in [0.4, 0.5) is 4.39 Å². The molecular weight excluding hydrogens is 341 g/mol. The molecule has 4 nitrogen and oxygen atoms in total. The number of piperidine rings is 1. The van der Waals surface area contributed by atoms with Gasteiger partial charge < -0.3 is 10.6 Å². The molecule has 0 bridgehead atoms. The van der Waals surface area contributed by atoms with Gasteiger partial charge in [-0.25, -0.2) is 4.39 Å². The fraction of sp³-hybridized carbons (Fsp3) is 0.632. The molecule has 2 aliphatic heterocycles. The molecule has 25 heavy (non-hydrogen) atoms. The first-order valence-electron chi connectivity index (χ1n) is 9.10. The van der Waals surface area contributed by atoms with Gasteiger partial charge in [0, 0.05) is 19.6 Å². The Morgan fingerprint density at radius 2 is 2.20 bits per heavy atom. The van der Waals surface area contributed by atoms with Crippen LogP contribution in [0.25, 0.3) is 0 Å². The molecule has 140 valence electrons. The van der Waals surface area contributed by atoms with Crippen LogP contribution >= 0.6 is 12.4 Å². The van der Waals surface area contributed by atoms with Crippen molar-refractivity contribution >= 4 is 18.3 Å². The van der Waals surface area contributed by atoms with Crippen molar-refractivity contribution in [3.05, 3.63) is 35.1 Å². The second-order valence-corrected chi connectivity index (χ2v) is 7.22. The van der Waals surface area contributed by atoms with Gasteiger partial charge in [-0.1, -0.05) is 12.1 Å². The lowest BCUT2D eigenvalue weighted by atomic mass is 9.97. The van der Waals surface area contributed by atoms with Gasteiger partial charge in [-0.2, -0.15) is 0 Å². The highest BCUT2D eigenvalue weighted by molar-refractivity contribution is 5.85. The van der Waals surface area contributed by atoms with E-state index in [1.54, 1.807) is 13.0 Å². The van der Waals surface area contributed by atoms with Gasteiger partial charge in [-0.3, -0.25) is 9.69 Å². The number of nitrogens with zero attached hydrogens (tertiary/aromatic N) is 1. The molecule has 2 aliphatic rings. The predicted molar refractivity (Wildman–Crippen MR) is 100 cm³/mol. The van der Waals surface area contributed by atoms with E-state index in [9.17, 15) is 9.18 Å². The average Bonchev–Trinajstić information content (AvgIpc) is 3.11. The summed E-state index contributed by atoms with van der Waals surface area (Å²) in [6, 6.07) is 5.50. The van der Waals surface area contributed by atoms with Crippen LogP contribution in [-0.2, 0) is 11.3 Å². The lowest BCUT2D eigenvalue weighted by Crippen LogP contribution is -2.45. The Balaban J connectivity index is 0.00000225. The van der Waals surface area contributed by atoms with Crippen LogP contribution in [0.15, 0.2) is 18.2 Å². The molecule has 1 amide bonds. The second-order valence-electron chi connectivity index (χ2n) is 7.22. The Morgan fingerprint density at radius 3 is 2.92 bits per heavy atom. The third-order valence-electron chi connectivity index (χ3n) is 5.19. The van der Waals surface area contributed by atoms with Gasteiger partial charge >= 0.3 is 0 Å². The van der Waals surface area contributed by atoms with Gasteiger partial charge in [-0.05, 0) is 68.8 Å². The Hall–Kier alpha value is -1.17. The quantitative estimate of drug-likeness (QED) is 0.838. The summed E-state index contributed by atoms with van der Waals surface area (Å²) in [4.78, 5) is 14.5. The zero-order valence-corrected chi connectivity index (χ0v) is 15.7. The summed E-state index contributed by atoms with van der Waals surface area (Å²) in [6.07, 6.45) is 4.32. The van der Waals surface area contributed by atoms with Crippen molar-refractivity contribution in [1.29, 1.82) is 0 Å². The first-order valence-corrected chi connectivity index (χ1v) is 9.10. The summed E-state index contributed by atoms with van der Waals surface area (Å²) in [5.74, 6) is 0.502. The number of hydrogen-bond acceptors (Lipinski definition) is 3. The SMILES string of the molecule is Cc1ccc(CN2CCCC(CNC(=O)C3CCCN3)C2)cc1F.Cl. The number of nitrogens with one attached hydrogen (secondary N) is 2. The number of halogens is 2. The molecule has 1 aromatic rings. The summed E-state index contributed by atoms with van der Waals surface area (Å²) in [5.41, 5.74) is 1.72. The fourth-order valence-electron chi connectivity index (χ4n) is 3.73. The first-order chi connectivity index (χ1) is 11.6. The van der Waals surface area contributed by atoms with Crippen LogP contribution in [0.1, 0.15) is 36.8 Å². The monoisotopic (exact) mass is 369 g/mol. The van der Waals surface area contributed by atoms with Crippen molar-refractivity contribution in [2.24, 2.45) is 5.92 Å². The molecule has 2 unspecified atom stereocenters. The molecule has 0 saturated carbocycles. The highest BCUT2D eigenvalue weighted by atomic mass is 35.5. The Bertz CT molecular complexity index is 578. The molecule has 2 atom stereocenters. The van der Waals surface area contributed by atoms with E-state index in [0.717, 1.165) is 64.0 Å². The summed E-state index contributed by atoms with van der Waals surface area (Å²) in [6.45, 7) is 6.28. The number of likely N-dealkylation sites (tertiary alicyclic amines) is 1. The van der Waals surface area contributed by atoms with Crippen molar-refractivity contribution in [3.8, 4) is 0 Å². The topological polar surface area (TPSA) is 44.4 Å². The number of rotatable bonds is 5. The molecule has 0 aromatic heterocycles. The lowest BCUT2D eigenvalue weighted by molar-refractivity contribution is -0.123. The average molecular weight is 370 g/mol. The van der Waals surface area contributed by atoms with Crippen molar-refractivity contribution in [2.45, 2.75) is 45.2 Å². The van der Waals surface area contributed by atoms with E-state index >= 15 is 0 Å². The summed E-state index contributed by atoms with van der Waals surface area (Å²) >= 11 is 0. The minimum atomic E-state index is -0.127. The maximum absolute atomic E-state index is 13.7. The highest BCUT2D eigenvalue weighted by Gasteiger charge is 2.24. The first kappa shape index (κ1) is 20.1. The second kappa shape index (κ2) is 9.51. The molecule has 0 spiro atoms. The zero-order chi connectivity index (χ0) is 16.9. The smallest absolute Gasteiger partial charge is 0.237 e. The van der Waals surface area contributed by atoms with Gasteiger partial charge in [-0.15, -0.1) is 12.4 Å². The summed E-state index contributed by atoms with van der Waals surface area (Å²) in [5, 5.41) is 6.34. The minimum absolute atomic E-state index is 0. The lowest BCUT2D eigenvalue weighted by Gasteiger charge is -2.33. The fourth-order valence-corrected chi connectivity index (χ4v) is 3.73. The van der Waals surface area contributed by atoms with E-state index in [4.69, 9.17) is 0 Å². The third-order valence-corrected chi connectivity index (χ3v) is 5.19. The number of aryl methyl sites for hydroxylation is 1. The third kappa shape index (κ3) is 5.66. The largest absolute Gasteiger partial charge is 0.354 e. The summed E-state index contributed by atoms with van der Waals surface area (Å²) < 4.78 is 13.7. The Labute approximate surface area is 156 Å². The normalized spacial score (nSPS) is 23.9. The molecule has 1 aromatic carbocycles. The summed E-state index contributed by atoms with van der Waals surface area (Å²) in [7, 11) is 0. The predicted octanol–water partition coefficient (Wildman–Crippen LogP) is 2.64. The van der Waals surface area contributed by atoms with Crippen molar-refractivity contribution in [1.82, 2.24) is 15.5 Å².